The van der Waals surface area contributed by atoms with E-state index < -0.39 is 6.10 Å². The maximum atomic E-state index is 13.1. The molecule has 1 aliphatic rings. The fourth-order valence-corrected chi connectivity index (χ4v) is 2.90. The molecule has 2 unspecified atom stereocenters. The van der Waals surface area contributed by atoms with Gasteiger partial charge in [-0.15, -0.1) is 0 Å². The van der Waals surface area contributed by atoms with Crippen LogP contribution < -0.4 is 0 Å². The van der Waals surface area contributed by atoms with Crippen molar-refractivity contribution in [2.45, 2.75) is 12.2 Å². The number of carbonyl (C=O) groups is 1. The van der Waals surface area contributed by atoms with Crippen LogP contribution in [0, 0.1) is 5.82 Å². The van der Waals surface area contributed by atoms with Crippen molar-refractivity contribution in [3.63, 3.8) is 0 Å². The zero-order valence-electron chi connectivity index (χ0n) is 13.5. The predicted octanol–water partition coefficient (Wildman–Crippen LogP) is 3.11. The molecule has 2 atom stereocenters. The van der Waals surface area contributed by atoms with Gasteiger partial charge in [0.2, 0.25) is 0 Å². The lowest BCUT2D eigenvalue weighted by Crippen LogP contribution is -2.44. The van der Waals surface area contributed by atoms with Gasteiger partial charge in [0, 0.05) is 13.7 Å². The maximum absolute atomic E-state index is 13.1. The summed E-state index contributed by atoms with van der Waals surface area (Å²) < 4.78 is 24.2. The molecule has 0 N–H and O–H groups in total. The van der Waals surface area contributed by atoms with Crippen LogP contribution in [0.15, 0.2) is 54.6 Å². The van der Waals surface area contributed by atoms with Gasteiger partial charge in [0.1, 0.15) is 11.9 Å². The molecule has 3 rings (SSSR count). The summed E-state index contributed by atoms with van der Waals surface area (Å²) in [6, 6.07) is 15.6. The summed E-state index contributed by atoms with van der Waals surface area (Å²) >= 11 is 0. The lowest BCUT2D eigenvalue weighted by atomic mass is 10.1. The van der Waals surface area contributed by atoms with Crippen molar-refractivity contribution in [3.8, 4) is 0 Å². The van der Waals surface area contributed by atoms with Crippen LogP contribution in [-0.4, -0.2) is 37.6 Å². The molecule has 24 heavy (non-hydrogen) atoms. The van der Waals surface area contributed by atoms with E-state index in [-0.39, 0.29) is 17.8 Å². The molecule has 2 aromatic carbocycles. The maximum Gasteiger partial charge on any atom is 0.256 e. The Labute approximate surface area is 140 Å². The predicted molar refractivity (Wildman–Crippen MR) is 87.9 cm³/mol. The van der Waals surface area contributed by atoms with Gasteiger partial charge in [0.05, 0.1) is 13.2 Å². The zero-order chi connectivity index (χ0) is 16.9. The summed E-state index contributed by atoms with van der Waals surface area (Å²) in [5.74, 6) is -0.370. The summed E-state index contributed by atoms with van der Waals surface area (Å²) in [6.07, 6.45) is -0.880. The normalized spacial score (nSPS) is 19.1. The first-order valence-corrected chi connectivity index (χ1v) is 7.92. The second-order valence-electron chi connectivity index (χ2n) is 5.72. The number of methoxy groups -OCH3 is 1. The fraction of sp³-hybridized carbons (Fsp3) is 0.316. The Hall–Kier alpha value is -2.24. The van der Waals surface area contributed by atoms with Crippen LogP contribution in [0.2, 0.25) is 0 Å². The highest BCUT2D eigenvalue weighted by Crippen LogP contribution is 2.26. The lowest BCUT2D eigenvalue weighted by Gasteiger charge is -2.35. The van der Waals surface area contributed by atoms with E-state index in [1.165, 1.54) is 19.2 Å². The Morgan fingerprint density at radius 1 is 1.21 bits per heavy atom. The first-order valence-electron chi connectivity index (χ1n) is 7.92. The van der Waals surface area contributed by atoms with Gasteiger partial charge in [0.25, 0.3) is 5.91 Å². The highest BCUT2D eigenvalue weighted by atomic mass is 19.1. The van der Waals surface area contributed by atoms with Crippen LogP contribution in [0.5, 0.6) is 0 Å². The minimum Gasteiger partial charge on any atom is -0.370 e. The van der Waals surface area contributed by atoms with Crippen LogP contribution in [0.4, 0.5) is 4.39 Å². The standard InChI is InChI=1S/C19H20FNO3/c1-23-18(15-5-3-2-4-6-15)19(22)21-11-12-24-17(13-21)14-7-9-16(20)10-8-14/h2-10,17-18H,11-13H2,1H3. The number of morpholine rings is 1. The quantitative estimate of drug-likeness (QED) is 0.865. The van der Waals surface area contributed by atoms with E-state index in [1.807, 2.05) is 30.3 Å². The van der Waals surface area contributed by atoms with Gasteiger partial charge in [-0.25, -0.2) is 4.39 Å². The van der Waals surface area contributed by atoms with Gasteiger partial charge < -0.3 is 14.4 Å². The first-order chi connectivity index (χ1) is 11.7. The van der Waals surface area contributed by atoms with Crippen molar-refractivity contribution in [1.29, 1.82) is 0 Å². The summed E-state index contributed by atoms with van der Waals surface area (Å²) in [5.41, 5.74) is 1.69. The Balaban J connectivity index is 1.73. The molecule has 0 aliphatic carbocycles. The average molecular weight is 329 g/mol. The smallest absolute Gasteiger partial charge is 0.256 e. The minimum absolute atomic E-state index is 0.0842. The van der Waals surface area contributed by atoms with Gasteiger partial charge in [0.15, 0.2) is 6.10 Å². The lowest BCUT2D eigenvalue weighted by molar-refractivity contribution is -0.150. The van der Waals surface area contributed by atoms with Crippen LogP contribution in [-0.2, 0) is 14.3 Å². The van der Waals surface area contributed by atoms with E-state index >= 15 is 0 Å². The van der Waals surface area contributed by atoms with Gasteiger partial charge in [-0.1, -0.05) is 42.5 Å². The summed E-state index contributed by atoms with van der Waals surface area (Å²) in [4.78, 5) is 14.6. The molecule has 0 saturated carbocycles. The highest BCUT2D eigenvalue weighted by molar-refractivity contribution is 5.82. The van der Waals surface area contributed by atoms with Crippen LogP contribution in [0.1, 0.15) is 23.3 Å². The van der Waals surface area contributed by atoms with Crippen molar-refractivity contribution >= 4 is 5.91 Å². The second kappa shape index (κ2) is 7.55. The Morgan fingerprint density at radius 2 is 1.92 bits per heavy atom. The molecular weight excluding hydrogens is 309 g/mol. The molecule has 1 heterocycles. The van der Waals surface area contributed by atoms with Gasteiger partial charge >= 0.3 is 0 Å². The highest BCUT2D eigenvalue weighted by Gasteiger charge is 2.30. The Morgan fingerprint density at radius 3 is 2.58 bits per heavy atom. The minimum atomic E-state index is -0.627. The molecule has 1 amide bonds. The molecule has 4 nitrogen and oxygen atoms in total. The van der Waals surface area contributed by atoms with Crippen molar-refractivity contribution in [2.24, 2.45) is 0 Å². The number of ether oxygens (including phenoxy) is 2. The zero-order valence-corrected chi connectivity index (χ0v) is 13.5. The van der Waals surface area contributed by atoms with E-state index in [0.717, 1.165) is 11.1 Å². The second-order valence-corrected chi connectivity index (χ2v) is 5.72. The number of hydrogen-bond acceptors (Lipinski definition) is 3. The number of nitrogens with zero attached hydrogens (tertiary/aromatic N) is 1. The number of amides is 1. The molecule has 1 saturated heterocycles. The summed E-state index contributed by atoms with van der Waals surface area (Å²) in [6.45, 7) is 1.39. The third-order valence-corrected chi connectivity index (χ3v) is 4.18. The molecule has 5 heteroatoms. The molecule has 126 valence electrons. The van der Waals surface area contributed by atoms with Gasteiger partial charge in [-0.2, -0.15) is 0 Å². The molecule has 0 aromatic heterocycles. The van der Waals surface area contributed by atoms with Crippen LogP contribution in [0.3, 0.4) is 0 Å². The van der Waals surface area contributed by atoms with Gasteiger partial charge in [-0.3, -0.25) is 4.79 Å². The van der Waals surface area contributed by atoms with E-state index in [1.54, 1.807) is 17.0 Å². The van der Waals surface area contributed by atoms with Crippen LogP contribution >= 0.6 is 0 Å². The Bertz CT molecular complexity index is 675. The Kier molecular flexibility index (Phi) is 5.23. The molecule has 2 aromatic rings. The van der Waals surface area contributed by atoms with Crippen molar-refractivity contribution in [2.75, 3.05) is 26.8 Å². The van der Waals surface area contributed by atoms with Crippen LogP contribution in [0.25, 0.3) is 0 Å². The first kappa shape index (κ1) is 16.6. The molecule has 0 bridgehead atoms. The van der Waals surface area contributed by atoms with E-state index in [2.05, 4.69) is 0 Å². The summed E-state index contributed by atoms with van der Waals surface area (Å²) in [7, 11) is 1.54. The van der Waals surface area contributed by atoms with Crippen molar-refractivity contribution in [1.82, 2.24) is 4.90 Å². The number of rotatable bonds is 4. The molecule has 1 aliphatic heterocycles. The van der Waals surface area contributed by atoms with Crippen molar-refractivity contribution in [3.05, 3.63) is 71.5 Å². The number of hydrogen-bond donors (Lipinski definition) is 0. The summed E-state index contributed by atoms with van der Waals surface area (Å²) in [5, 5.41) is 0. The average Bonchev–Trinajstić information content (AvgIpc) is 2.64. The molecular formula is C19H20FNO3. The topological polar surface area (TPSA) is 38.8 Å². The SMILES string of the molecule is COC(C(=O)N1CCOC(c2ccc(F)cc2)C1)c1ccccc1. The molecule has 0 spiro atoms. The van der Waals surface area contributed by atoms with Crippen molar-refractivity contribution < 1.29 is 18.7 Å². The largest absolute Gasteiger partial charge is 0.370 e. The monoisotopic (exact) mass is 329 g/mol. The van der Waals surface area contributed by atoms with Gasteiger partial charge in [-0.05, 0) is 23.3 Å². The number of benzene rings is 2. The molecule has 0 radical (unpaired) electrons. The molecule has 1 fully saturated rings. The van der Waals surface area contributed by atoms with E-state index in [4.69, 9.17) is 9.47 Å². The number of carbonyl (C=O) groups excluding carboxylic acids is 1. The van der Waals surface area contributed by atoms with E-state index in [0.29, 0.717) is 19.7 Å². The number of halogens is 1. The van der Waals surface area contributed by atoms with E-state index in [9.17, 15) is 9.18 Å². The third kappa shape index (κ3) is 3.63. The fourth-order valence-electron chi connectivity index (χ4n) is 2.90. The third-order valence-electron chi connectivity index (χ3n) is 4.18.